The quantitative estimate of drug-likeness (QED) is 0.811. The Kier molecular flexibility index (Phi) is 4.45. The zero-order chi connectivity index (χ0) is 10.6. The second-order valence-corrected chi connectivity index (χ2v) is 4.19. The van der Waals surface area contributed by atoms with Crippen LogP contribution in [0.15, 0.2) is 10.7 Å². The summed E-state index contributed by atoms with van der Waals surface area (Å²) in [6, 6.07) is 2.07. The third kappa shape index (κ3) is 2.74. The van der Waals surface area contributed by atoms with E-state index in [1.807, 2.05) is 11.7 Å². The fourth-order valence-corrected chi connectivity index (χ4v) is 1.95. The number of aromatic nitrogens is 2. The predicted molar refractivity (Wildman–Crippen MR) is 63.7 cm³/mol. The Bertz CT molecular complexity index is 283. The van der Waals surface area contributed by atoms with Crippen molar-refractivity contribution in [3.63, 3.8) is 0 Å². The summed E-state index contributed by atoms with van der Waals surface area (Å²) in [5.74, 6) is 1.19. The normalized spacial score (nSPS) is 10.6. The van der Waals surface area contributed by atoms with Gasteiger partial charge in [-0.3, -0.25) is 4.68 Å². The molecule has 80 valence electrons. The number of hydrogen-bond donors (Lipinski definition) is 0. The molecule has 1 aromatic rings. The maximum Gasteiger partial charge on any atom is 0.130 e. The van der Waals surface area contributed by atoms with Gasteiger partial charge in [-0.15, -0.1) is 0 Å². The van der Waals surface area contributed by atoms with Gasteiger partial charge in [0.05, 0.1) is 0 Å². The molecule has 0 atom stereocenters. The van der Waals surface area contributed by atoms with Crippen molar-refractivity contribution in [2.24, 2.45) is 7.05 Å². The molecule has 0 spiro atoms. The minimum absolute atomic E-state index is 0.907. The van der Waals surface area contributed by atoms with Crippen LogP contribution in [0.3, 0.4) is 0 Å². The monoisotopic (exact) mass is 259 g/mol. The van der Waals surface area contributed by atoms with Crippen LogP contribution in [-0.4, -0.2) is 22.9 Å². The SMILES string of the molecule is CCCCN(CC)c1cc(Br)nn1C. The Hall–Kier alpha value is -0.510. The number of aryl methyl sites for hydroxylation is 1. The standard InChI is InChI=1S/C10H18BrN3/c1-4-6-7-14(5-2)10-8-9(11)12-13(10)3/h8H,4-7H2,1-3H3. The molecule has 4 heteroatoms. The van der Waals surface area contributed by atoms with Crippen molar-refractivity contribution in [3.05, 3.63) is 10.7 Å². The average Bonchev–Trinajstić information content (AvgIpc) is 2.47. The maximum atomic E-state index is 4.28. The summed E-state index contributed by atoms with van der Waals surface area (Å²) >= 11 is 3.39. The molecule has 0 bridgehead atoms. The predicted octanol–water partition coefficient (Wildman–Crippen LogP) is 2.81. The van der Waals surface area contributed by atoms with Crippen LogP contribution < -0.4 is 4.90 Å². The fourth-order valence-electron chi connectivity index (χ4n) is 1.50. The minimum Gasteiger partial charge on any atom is -0.357 e. The largest absolute Gasteiger partial charge is 0.357 e. The number of rotatable bonds is 5. The summed E-state index contributed by atoms with van der Waals surface area (Å²) < 4.78 is 2.83. The first-order valence-electron chi connectivity index (χ1n) is 5.13. The van der Waals surface area contributed by atoms with Gasteiger partial charge in [-0.2, -0.15) is 5.10 Å². The molecule has 0 fully saturated rings. The number of hydrogen-bond acceptors (Lipinski definition) is 2. The van der Waals surface area contributed by atoms with Crippen molar-refractivity contribution in [1.82, 2.24) is 9.78 Å². The topological polar surface area (TPSA) is 21.1 Å². The molecule has 0 N–H and O–H groups in total. The van der Waals surface area contributed by atoms with E-state index < -0.39 is 0 Å². The van der Waals surface area contributed by atoms with Gasteiger partial charge >= 0.3 is 0 Å². The lowest BCUT2D eigenvalue weighted by molar-refractivity contribution is 0.678. The molecule has 1 aromatic heterocycles. The van der Waals surface area contributed by atoms with Crippen LogP contribution >= 0.6 is 15.9 Å². The molecule has 0 unspecified atom stereocenters. The molecule has 1 rings (SSSR count). The van der Waals surface area contributed by atoms with Crippen LogP contribution in [0.4, 0.5) is 5.82 Å². The number of halogens is 1. The van der Waals surface area contributed by atoms with Gasteiger partial charge in [-0.05, 0) is 29.3 Å². The molecular formula is C10H18BrN3. The number of unbranched alkanes of at least 4 members (excludes halogenated alkanes) is 1. The van der Waals surface area contributed by atoms with Crippen molar-refractivity contribution in [2.45, 2.75) is 26.7 Å². The molecule has 0 amide bonds. The van der Waals surface area contributed by atoms with Gasteiger partial charge in [-0.25, -0.2) is 0 Å². The highest BCUT2D eigenvalue weighted by Crippen LogP contribution is 2.18. The zero-order valence-electron chi connectivity index (χ0n) is 9.13. The van der Waals surface area contributed by atoms with Crippen LogP contribution in [0.2, 0.25) is 0 Å². The summed E-state index contributed by atoms with van der Waals surface area (Å²) in [4.78, 5) is 2.35. The second kappa shape index (κ2) is 5.39. The van der Waals surface area contributed by atoms with E-state index in [0.29, 0.717) is 0 Å². The van der Waals surface area contributed by atoms with Crippen LogP contribution in [0.25, 0.3) is 0 Å². The van der Waals surface area contributed by atoms with E-state index in [1.165, 1.54) is 18.7 Å². The van der Waals surface area contributed by atoms with Crippen molar-refractivity contribution in [2.75, 3.05) is 18.0 Å². The van der Waals surface area contributed by atoms with Gasteiger partial charge in [0.2, 0.25) is 0 Å². The van der Waals surface area contributed by atoms with Crippen molar-refractivity contribution in [3.8, 4) is 0 Å². The Labute approximate surface area is 94.2 Å². The van der Waals surface area contributed by atoms with Crippen molar-refractivity contribution in [1.29, 1.82) is 0 Å². The molecule has 0 aliphatic heterocycles. The van der Waals surface area contributed by atoms with Gasteiger partial charge in [-0.1, -0.05) is 13.3 Å². The summed E-state index contributed by atoms with van der Waals surface area (Å²) in [7, 11) is 1.98. The summed E-state index contributed by atoms with van der Waals surface area (Å²) in [5, 5.41) is 4.28. The lowest BCUT2D eigenvalue weighted by Gasteiger charge is -2.22. The smallest absolute Gasteiger partial charge is 0.130 e. The van der Waals surface area contributed by atoms with E-state index in [1.54, 1.807) is 0 Å². The molecule has 1 heterocycles. The first-order valence-corrected chi connectivity index (χ1v) is 5.92. The first-order chi connectivity index (χ1) is 6.69. The van der Waals surface area contributed by atoms with E-state index in [4.69, 9.17) is 0 Å². The van der Waals surface area contributed by atoms with Gasteiger partial charge in [0.1, 0.15) is 10.4 Å². The Morgan fingerprint density at radius 3 is 2.64 bits per heavy atom. The van der Waals surface area contributed by atoms with E-state index in [9.17, 15) is 0 Å². The molecule has 0 aliphatic rings. The van der Waals surface area contributed by atoms with Crippen LogP contribution in [0, 0.1) is 0 Å². The van der Waals surface area contributed by atoms with E-state index >= 15 is 0 Å². The van der Waals surface area contributed by atoms with Crippen molar-refractivity contribution >= 4 is 21.7 Å². The summed E-state index contributed by atoms with van der Waals surface area (Å²) in [6.07, 6.45) is 2.46. The third-order valence-electron chi connectivity index (χ3n) is 2.31. The summed E-state index contributed by atoms with van der Waals surface area (Å²) in [6.45, 7) is 6.54. The van der Waals surface area contributed by atoms with Crippen LogP contribution in [0.5, 0.6) is 0 Å². The minimum atomic E-state index is 0.907. The maximum absolute atomic E-state index is 4.28. The Morgan fingerprint density at radius 1 is 1.50 bits per heavy atom. The van der Waals surface area contributed by atoms with Gasteiger partial charge in [0, 0.05) is 26.2 Å². The lowest BCUT2D eigenvalue weighted by atomic mass is 10.3. The third-order valence-corrected chi connectivity index (χ3v) is 2.70. The molecular weight excluding hydrogens is 242 g/mol. The highest BCUT2D eigenvalue weighted by Gasteiger charge is 2.09. The zero-order valence-corrected chi connectivity index (χ0v) is 10.7. The molecule has 3 nitrogen and oxygen atoms in total. The number of nitrogens with zero attached hydrogens (tertiary/aromatic N) is 3. The Morgan fingerprint density at radius 2 is 2.21 bits per heavy atom. The summed E-state index contributed by atoms with van der Waals surface area (Å²) in [5.41, 5.74) is 0. The second-order valence-electron chi connectivity index (χ2n) is 3.38. The molecule has 0 aliphatic carbocycles. The molecule has 0 saturated heterocycles. The molecule has 0 radical (unpaired) electrons. The van der Waals surface area contributed by atoms with Gasteiger partial charge < -0.3 is 4.90 Å². The highest BCUT2D eigenvalue weighted by molar-refractivity contribution is 9.10. The molecule has 14 heavy (non-hydrogen) atoms. The van der Waals surface area contributed by atoms with E-state index in [0.717, 1.165) is 17.7 Å². The molecule has 0 aromatic carbocycles. The van der Waals surface area contributed by atoms with Crippen LogP contribution in [0.1, 0.15) is 26.7 Å². The highest BCUT2D eigenvalue weighted by atomic mass is 79.9. The molecule has 0 saturated carbocycles. The van der Waals surface area contributed by atoms with E-state index in [-0.39, 0.29) is 0 Å². The van der Waals surface area contributed by atoms with Gasteiger partial charge in [0.15, 0.2) is 0 Å². The number of anilines is 1. The lowest BCUT2D eigenvalue weighted by Crippen LogP contribution is -2.25. The first kappa shape index (κ1) is 11.6. The van der Waals surface area contributed by atoms with Gasteiger partial charge in [0.25, 0.3) is 0 Å². The Balaban J connectivity index is 2.72. The van der Waals surface area contributed by atoms with E-state index in [2.05, 4.69) is 45.8 Å². The van der Waals surface area contributed by atoms with Crippen LogP contribution in [-0.2, 0) is 7.05 Å². The van der Waals surface area contributed by atoms with Crippen molar-refractivity contribution < 1.29 is 0 Å². The fraction of sp³-hybridized carbons (Fsp3) is 0.700. The average molecular weight is 260 g/mol.